The van der Waals surface area contributed by atoms with Crippen molar-refractivity contribution in [3.63, 3.8) is 0 Å². The van der Waals surface area contributed by atoms with Crippen LogP contribution in [0.3, 0.4) is 0 Å². The largest absolute Gasteiger partial charge is 0.370 e. The van der Waals surface area contributed by atoms with Gasteiger partial charge in [-0.2, -0.15) is 0 Å². The molecule has 1 aliphatic rings. The van der Waals surface area contributed by atoms with E-state index in [1.54, 1.807) is 0 Å². The monoisotopic (exact) mass is 404 g/mol. The number of thiocarbonyl (C=S) groups is 1. The zero-order valence-electron chi connectivity index (χ0n) is 14.3. The van der Waals surface area contributed by atoms with Crippen molar-refractivity contribution in [3.05, 3.63) is 63.2 Å². The van der Waals surface area contributed by atoms with Crippen LogP contribution in [0, 0.1) is 10.1 Å². The minimum absolute atomic E-state index is 0.0307. The highest BCUT2D eigenvalue weighted by molar-refractivity contribution is 7.80. The number of hydrogen-bond acceptors (Lipinski definition) is 5. The van der Waals surface area contributed by atoms with Gasteiger partial charge in [0.05, 0.1) is 16.3 Å². The van der Waals surface area contributed by atoms with E-state index in [9.17, 15) is 14.9 Å². The first-order valence-corrected chi connectivity index (χ1v) is 9.14. The molecule has 1 aliphatic heterocycles. The van der Waals surface area contributed by atoms with Crippen molar-refractivity contribution >= 4 is 51.9 Å². The second-order valence-corrected chi connectivity index (χ2v) is 6.86. The Labute approximate surface area is 166 Å². The Morgan fingerprint density at radius 3 is 2.59 bits per heavy atom. The quantitative estimate of drug-likeness (QED) is 0.455. The van der Waals surface area contributed by atoms with Gasteiger partial charge >= 0.3 is 0 Å². The molecule has 0 radical (unpaired) electrons. The average Bonchev–Trinajstić information content (AvgIpc) is 3.16. The highest BCUT2D eigenvalue weighted by atomic mass is 35.5. The van der Waals surface area contributed by atoms with Gasteiger partial charge in [0, 0.05) is 24.7 Å². The Morgan fingerprint density at radius 1 is 1.19 bits per heavy atom. The molecule has 0 atom stereocenters. The van der Waals surface area contributed by atoms with Crippen LogP contribution in [0.15, 0.2) is 42.5 Å². The lowest BCUT2D eigenvalue weighted by molar-refractivity contribution is -0.384. The number of amides is 1. The molecule has 2 N–H and O–H groups in total. The topological polar surface area (TPSA) is 87.5 Å². The molecule has 2 aromatic rings. The number of rotatable bonds is 4. The molecule has 0 aromatic heterocycles. The second-order valence-electron chi connectivity index (χ2n) is 6.04. The van der Waals surface area contributed by atoms with Gasteiger partial charge in [0.1, 0.15) is 5.02 Å². The molecule has 1 fully saturated rings. The number of para-hydroxylation sites is 2. The van der Waals surface area contributed by atoms with Gasteiger partial charge in [-0.05, 0) is 49.3 Å². The van der Waals surface area contributed by atoms with Crippen LogP contribution >= 0.6 is 23.8 Å². The predicted octanol–water partition coefficient (Wildman–Crippen LogP) is 3.98. The van der Waals surface area contributed by atoms with Crippen molar-refractivity contribution in [1.82, 2.24) is 5.32 Å². The van der Waals surface area contributed by atoms with Gasteiger partial charge in [-0.3, -0.25) is 20.2 Å². The Bertz CT molecular complexity index is 900. The third-order valence-corrected chi connectivity index (χ3v) is 4.75. The normalized spacial score (nSPS) is 13.3. The summed E-state index contributed by atoms with van der Waals surface area (Å²) in [4.78, 5) is 25.0. The van der Waals surface area contributed by atoms with Gasteiger partial charge in [-0.1, -0.05) is 23.7 Å². The summed E-state index contributed by atoms with van der Waals surface area (Å²) in [7, 11) is 0. The van der Waals surface area contributed by atoms with E-state index in [2.05, 4.69) is 15.5 Å². The number of anilines is 2. The van der Waals surface area contributed by atoms with E-state index in [-0.39, 0.29) is 21.4 Å². The Kier molecular flexibility index (Phi) is 5.88. The van der Waals surface area contributed by atoms with E-state index in [0.29, 0.717) is 0 Å². The average molecular weight is 405 g/mol. The molecule has 9 heteroatoms. The summed E-state index contributed by atoms with van der Waals surface area (Å²) in [6.45, 7) is 1.96. The van der Waals surface area contributed by atoms with Gasteiger partial charge in [0.25, 0.3) is 11.6 Å². The Balaban J connectivity index is 1.70. The molecule has 1 heterocycles. The number of nitro benzene ring substituents is 1. The second kappa shape index (κ2) is 8.32. The fraction of sp³-hybridized carbons (Fsp3) is 0.222. The molecule has 0 unspecified atom stereocenters. The number of carbonyl (C=O) groups is 1. The number of nitrogens with zero attached hydrogens (tertiary/aromatic N) is 2. The van der Waals surface area contributed by atoms with E-state index in [1.807, 2.05) is 24.3 Å². The van der Waals surface area contributed by atoms with Crippen molar-refractivity contribution in [2.75, 3.05) is 23.3 Å². The van der Waals surface area contributed by atoms with Gasteiger partial charge in [-0.15, -0.1) is 0 Å². The van der Waals surface area contributed by atoms with Crippen LogP contribution in [0.1, 0.15) is 23.2 Å². The van der Waals surface area contributed by atoms with E-state index >= 15 is 0 Å². The molecule has 0 saturated carbocycles. The molecule has 2 aromatic carbocycles. The molecular weight excluding hydrogens is 388 g/mol. The van der Waals surface area contributed by atoms with Crippen LogP contribution in [-0.2, 0) is 0 Å². The highest BCUT2D eigenvalue weighted by Gasteiger charge is 2.18. The smallest absolute Gasteiger partial charge is 0.288 e. The Hall–Kier alpha value is -2.71. The minimum atomic E-state index is -0.637. The third kappa shape index (κ3) is 4.53. The first-order chi connectivity index (χ1) is 13.0. The van der Waals surface area contributed by atoms with Crippen molar-refractivity contribution in [2.45, 2.75) is 12.8 Å². The summed E-state index contributed by atoms with van der Waals surface area (Å²) < 4.78 is 0. The number of nitrogens with one attached hydrogen (secondary N) is 2. The first-order valence-electron chi connectivity index (χ1n) is 8.36. The minimum Gasteiger partial charge on any atom is -0.370 e. The number of halogens is 1. The SMILES string of the molecule is O=C(NC(=S)Nc1ccccc1N1CCCC1)c1ccc(Cl)c([N+](=O)[O-])c1. The van der Waals surface area contributed by atoms with Crippen LogP contribution in [0.5, 0.6) is 0 Å². The van der Waals surface area contributed by atoms with Crippen molar-refractivity contribution in [3.8, 4) is 0 Å². The molecule has 27 heavy (non-hydrogen) atoms. The standard InChI is InChI=1S/C18H17ClN4O3S/c19-13-8-7-12(11-16(13)23(25)26)17(24)21-18(27)20-14-5-1-2-6-15(14)22-9-3-4-10-22/h1-2,5-8,11H,3-4,9-10H2,(H2,20,21,24,27). The molecule has 0 spiro atoms. The van der Waals surface area contributed by atoms with Crippen molar-refractivity contribution in [1.29, 1.82) is 0 Å². The number of carbonyl (C=O) groups excluding carboxylic acids is 1. The zero-order chi connectivity index (χ0) is 19.4. The van der Waals surface area contributed by atoms with Crippen LogP contribution in [0.4, 0.5) is 17.1 Å². The fourth-order valence-electron chi connectivity index (χ4n) is 2.94. The summed E-state index contributed by atoms with van der Waals surface area (Å²) in [5, 5.41) is 16.6. The lowest BCUT2D eigenvalue weighted by atomic mass is 10.2. The maximum absolute atomic E-state index is 12.4. The maximum atomic E-state index is 12.4. The van der Waals surface area contributed by atoms with Gasteiger partial charge in [0.15, 0.2) is 5.11 Å². The van der Waals surface area contributed by atoms with Gasteiger partial charge < -0.3 is 10.2 Å². The summed E-state index contributed by atoms with van der Waals surface area (Å²) >= 11 is 11.0. The summed E-state index contributed by atoms with van der Waals surface area (Å²) in [6, 6.07) is 11.6. The molecule has 0 aliphatic carbocycles. The molecule has 1 amide bonds. The molecule has 3 rings (SSSR count). The number of benzene rings is 2. The van der Waals surface area contributed by atoms with E-state index in [0.717, 1.165) is 43.4 Å². The van der Waals surface area contributed by atoms with E-state index in [1.165, 1.54) is 12.1 Å². The highest BCUT2D eigenvalue weighted by Crippen LogP contribution is 2.28. The third-order valence-electron chi connectivity index (χ3n) is 4.23. The lowest BCUT2D eigenvalue weighted by Crippen LogP contribution is -2.34. The maximum Gasteiger partial charge on any atom is 0.288 e. The van der Waals surface area contributed by atoms with Crippen LogP contribution in [-0.4, -0.2) is 29.0 Å². The molecule has 0 bridgehead atoms. The van der Waals surface area contributed by atoms with E-state index in [4.69, 9.17) is 23.8 Å². The first kappa shape index (κ1) is 19.1. The lowest BCUT2D eigenvalue weighted by Gasteiger charge is -2.22. The Morgan fingerprint density at radius 2 is 1.89 bits per heavy atom. The van der Waals surface area contributed by atoms with Gasteiger partial charge in [0.2, 0.25) is 0 Å². The molecule has 140 valence electrons. The molecule has 7 nitrogen and oxygen atoms in total. The zero-order valence-corrected chi connectivity index (χ0v) is 15.8. The number of nitro groups is 1. The predicted molar refractivity (Wildman–Crippen MR) is 110 cm³/mol. The van der Waals surface area contributed by atoms with Crippen LogP contribution in [0.25, 0.3) is 0 Å². The molecular formula is C18H17ClN4O3S. The molecule has 1 saturated heterocycles. The fourth-order valence-corrected chi connectivity index (χ4v) is 3.33. The van der Waals surface area contributed by atoms with Crippen molar-refractivity contribution < 1.29 is 9.72 Å². The van der Waals surface area contributed by atoms with Crippen molar-refractivity contribution in [2.24, 2.45) is 0 Å². The van der Waals surface area contributed by atoms with E-state index < -0.39 is 10.8 Å². The van der Waals surface area contributed by atoms with Gasteiger partial charge in [-0.25, -0.2) is 0 Å². The summed E-state index contributed by atoms with van der Waals surface area (Å²) in [5.41, 5.74) is 1.59. The van der Waals surface area contributed by atoms with Crippen LogP contribution in [0.2, 0.25) is 5.02 Å². The summed E-state index contributed by atoms with van der Waals surface area (Å²) in [6.07, 6.45) is 2.29. The number of hydrogen-bond donors (Lipinski definition) is 2. The van der Waals surface area contributed by atoms with Crippen LogP contribution < -0.4 is 15.5 Å². The summed E-state index contributed by atoms with van der Waals surface area (Å²) in [5.74, 6) is -0.550.